The molecule has 1 heterocycles. The fourth-order valence-corrected chi connectivity index (χ4v) is 4.46. The van der Waals surface area contributed by atoms with Gasteiger partial charge in [0.2, 0.25) is 0 Å². The van der Waals surface area contributed by atoms with E-state index in [1.807, 2.05) is 59.6 Å². The third-order valence-corrected chi connectivity index (χ3v) is 6.43. The lowest BCUT2D eigenvalue weighted by Crippen LogP contribution is -2.38. The first-order chi connectivity index (χ1) is 14.7. The fraction of sp³-hybridized carbons (Fsp3) is 0.391. The van der Waals surface area contributed by atoms with Crippen LogP contribution in [0.5, 0.6) is 0 Å². The number of carbonyl (C=O) groups is 1. The molecule has 2 unspecified atom stereocenters. The van der Waals surface area contributed by atoms with Gasteiger partial charge in [0.15, 0.2) is 6.61 Å². The molecule has 1 spiro atoms. The van der Waals surface area contributed by atoms with Crippen LogP contribution in [0.2, 0.25) is 0 Å². The number of rotatable bonds is 6. The Morgan fingerprint density at radius 2 is 1.84 bits per heavy atom. The average Bonchev–Trinajstić information content (AvgIpc) is 3.47. The van der Waals surface area contributed by atoms with Crippen LogP contribution in [-0.2, 0) is 9.53 Å². The van der Waals surface area contributed by atoms with E-state index in [2.05, 4.69) is 20.7 Å². The van der Waals surface area contributed by atoms with Crippen molar-refractivity contribution in [2.24, 2.45) is 16.4 Å². The van der Waals surface area contributed by atoms with E-state index in [0.717, 1.165) is 34.3 Å². The highest BCUT2D eigenvalue weighted by Crippen LogP contribution is 2.58. The number of para-hydroxylation sites is 1. The summed E-state index contributed by atoms with van der Waals surface area (Å²) in [5.74, 6) is -1.52. The molecule has 2 aliphatic rings. The number of carbonyl (C=O) groups excluding carboxylic acids is 1. The molecular formula is C23H22BrF3N2O2. The molecule has 0 bridgehead atoms. The third-order valence-electron chi connectivity index (χ3n) is 5.90. The van der Waals surface area contributed by atoms with Gasteiger partial charge in [0.25, 0.3) is 0 Å². The van der Waals surface area contributed by atoms with E-state index in [9.17, 15) is 18.0 Å². The number of hydrogen-bond acceptors (Lipinski definition) is 4. The van der Waals surface area contributed by atoms with Crippen molar-refractivity contribution in [1.82, 2.24) is 0 Å². The third kappa shape index (κ3) is 4.63. The molecule has 1 aliphatic carbocycles. The Morgan fingerprint density at radius 1 is 1.19 bits per heavy atom. The van der Waals surface area contributed by atoms with E-state index in [-0.39, 0.29) is 11.5 Å². The lowest BCUT2D eigenvalue weighted by Gasteiger charge is -2.30. The molecule has 0 N–H and O–H groups in total. The van der Waals surface area contributed by atoms with Gasteiger partial charge < -0.3 is 4.74 Å². The lowest BCUT2D eigenvalue weighted by atomic mass is 9.83. The maximum absolute atomic E-state index is 12.5. The first-order valence-electron chi connectivity index (χ1n) is 10.1. The molecule has 8 heteroatoms. The molecule has 0 saturated heterocycles. The Balaban J connectivity index is 1.61. The SMILES string of the molecule is CC(CC1N(c2ccccc2)N=C(c2ccc(Br)cc2)C12CC2)C(=O)OCC(F)(F)F. The van der Waals surface area contributed by atoms with Gasteiger partial charge in [-0.2, -0.15) is 18.3 Å². The summed E-state index contributed by atoms with van der Waals surface area (Å²) < 4.78 is 42.9. The molecule has 31 heavy (non-hydrogen) atoms. The zero-order valence-corrected chi connectivity index (χ0v) is 18.5. The smallest absolute Gasteiger partial charge is 0.422 e. The van der Waals surface area contributed by atoms with Gasteiger partial charge in [-0.3, -0.25) is 9.80 Å². The Bertz CT molecular complexity index is 973. The van der Waals surface area contributed by atoms with E-state index >= 15 is 0 Å². The fourth-order valence-electron chi connectivity index (χ4n) is 4.20. The van der Waals surface area contributed by atoms with Gasteiger partial charge in [-0.1, -0.05) is 53.2 Å². The van der Waals surface area contributed by atoms with Crippen LogP contribution in [0.4, 0.5) is 18.9 Å². The lowest BCUT2D eigenvalue weighted by molar-refractivity contribution is -0.189. The Labute approximate surface area is 187 Å². The van der Waals surface area contributed by atoms with Crippen molar-refractivity contribution < 1.29 is 22.7 Å². The van der Waals surface area contributed by atoms with Gasteiger partial charge in [0.05, 0.1) is 23.4 Å². The number of nitrogens with zero attached hydrogens (tertiary/aromatic N) is 2. The zero-order valence-electron chi connectivity index (χ0n) is 16.9. The van der Waals surface area contributed by atoms with Crippen LogP contribution in [0, 0.1) is 11.3 Å². The van der Waals surface area contributed by atoms with Crippen molar-refractivity contribution in [1.29, 1.82) is 0 Å². The average molecular weight is 495 g/mol. The second-order valence-electron chi connectivity index (χ2n) is 8.17. The number of halogens is 4. The highest BCUT2D eigenvalue weighted by Gasteiger charge is 2.60. The van der Waals surface area contributed by atoms with Crippen molar-refractivity contribution >= 4 is 33.3 Å². The summed E-state index contributed by atoms with van der Waals surface area (Å²) in [5, 5.41) is 6.88. The number of benzene rings is 2. The van der Waals surface area contributed by atoms with Crippen molar-refractivity contribution in [2.45, 2.75) is 38.4 Å². The van der Waals surface area contributed by atoms with Gasteiger partial charge in [0, 0.05) is 9.89 Å². The molecule has 2 atom stereocenters. The summed E-state index contributed by atoms with van der Waals surface area (Å²) in [5.41, 5.74) is 2.64. The minimum Gasteiger partial charge on any atom is -0.456 e. The minimum absolute atomic E-state index is 0.137. The van der Waals surface area contributed by atoms with Gasteiger partial charge in [0.1, 0.15) is 0 Å². The van der Waals surface area contributed by atoms with Crippen LogP contribution in [0.3, 0.4) is 0 Å². The summed E-state index contributed by atoms with van der Waals surface area (Å²) in [6.45, 7) is 0.0601. The van der Waals surface area contributed by atoms with Crippen molar-refractivity contribution in [3.8, 4) is 0 Å². The Kier molecular flexibility index (Phi) is 5.85. The van der Waals surface area contributed by atoms with E-state index < -0.39 is 24.7 Å². The summed E-state index contributed by atoms with van der Waals surface area (Å²) in [6, 6.07) is 17.5. The normalized spacial score (nSPS) is 20.5. The minimum atomic E-state index is -4.53. The van der Waals surface area contributed by atoms with Crippen molar-refractivity contribution in [3.63, 3.8) is 0 Å². The van der Waals surface area contributed by atoms with E-state index in [1.54, 1.807) is 6.92 Å². The topological polar surface area (TPSA) is 41.9 Å². The molecule has 1 fully saturated rings. The summed E-state index contributed by atoms with van der Waals surface area (Å²) in [4.78, 5) is 12.3. The van der Waals surface area contributed by atoms with Crippen LogP contribution in [0.15, 0.2) is 64.2 Å². The zero-order chi connectivity index (χ0) is 22.2. The molecule has 2 aromatic rings. The molecule has 164 valence electrons. The summed E-state index contributed by atoms with van der Waals surface area (Å²) in [7, 11) is 0. The first-order valence-corrected chi connectivity index (χ1v) is 10.9. The molecule has 4 nitrogen and oxygen atoms in total. The summed E-state index contributed by atoms with van der Waals surface area (Å²) >= 11 is 3.45. The van der Waals surface area contributed by atoms with Crippen LogP contribution >= 0.6 is 15.9 Å². The molecule has 0 amide bonds. The predicted octanol–water partition coefficient (Wildman–Crippen LogP) is 5.95. The molecule has 1 aliphatic heterocycles. The highest BCUT2D eigenvalue weighted by molar-refractivity contribution is 9.10. The maximum Gasteiger partial charge on any atom is 0.422 e. The second kappa shape index (κ2) is 8.30. The standard InChI is InChI=1S/C23H22BrF3N2O2/c1-15(21(30)31-14-23(25,26)27)13-19-22(11-12-22)20(16-7-9-17(24)10-8-16)28-29(19)18-5-3-2-4-6-18/h2-10,15,19H,11-14H2,1H3. The second-order valence-corrected chi connectivity index (χ2v) is 9.08. The van der Waals surface area contributed by atoms with Crippen molar-refractivity contribution in [3.05, 3.63) is 64.6 Å². The number of anilines is 1. The Morgan fingerprint density at radius 3 is 2.42 bits per heavy atom. The predicted molar refractivity (Wildman–Crippen MR) is 116 cm³/mol. The molecular weight excluding hydrogens is 473 g/mol. The quantitative estimate of drug-likeness (QED) is 0.465. The van der Waals surface area contributed by atoms with Crippen LogP contribution < -0.4 is 5.01 Å². The number of ether oxygens (including phenoxy) is 1. The summed E-state index contributed by atoms with van der Waals surface area (Å²) in [6.07, 6.45) is -2.34. The van der Waals surface area contributed by atoms with Gasteiger partial charge in [-0.15, -0.1) is 0 Å². The first kappa shape index (κ1) is 21.9. The van der Waals surface area contributed by atoms with E-state index in [0.29, 0.717) is 6.42 Å². The largest absolute Gasteiger partial charge is 0.456 e. The Hall–Kier alpha value is -2.35. The van der Waals surface area contributed by atoms with Crippen molar-refractivity contribution in [2.75, 3.05) is 11.6 Å². The van der Waals surface area contributed by atoms with Crippen LogP contribution in [0.1, 0.15) is 31.7 Å². The number of esters is 1. The molecule has 2 aromatic carbocycles. The molecule has 0 radical (unpaired) electrons. The van der Waals surface area contributed by atoms with Crippen LogP contribution in [-0.4, -0.2) is 30.5 Å². The van der Waals surface area contributed by atoms with Gasteiger partial charge in [-0.25, -0.2) is 0 Å². The highest BCUT2D eigenvalue weighted by atomic mass is 79.9. The number of hydrazone groups is 1. The van der Waals surface area contributed by atoms with E-state index in [1.165, 1.54) is 0 Å². The monoisotopic (exact) mass is 494 g/mol. The van der Waals surface area contributed by atoms with Gasteiger partial charge >= 0.3 is 12.1 Å². The maximum atomic E-state index is 12.5. The number of hydrogen-bond donors (Lipinski definition) is 0. The molecule has 1 saturated carbocycles. The van der Waals surface area contributed by atoms with Gasteiger partial charge in [-0.05, 0) is 49.1 Å². The number of alkyl halides is 3. The molecule has 0 aromatic heterocycles. The van der Waals surface area contributed by atoms with Crippen LogP contribution in [0.25, 0.3) is 0 Å². The molecule has 4 rings (SSSR count). The van der Waals surface area contributed by atoms with E-state index in [4.69, 9.17) is 5.10 Å².